The lowest BCUT2D eigenvalue weighted by Gasteiger charge is -2.24. The van der Waals surface area contributed by atoms with E-state index in [1.807, 2.05) is 0 Å². The van der Waals surface area contributed by atoms with Gasteiger partial charge in [0.25, 0.3) is 0 Å². The van der Waals surface area contributed by atoms with Gasteiger partial charge in [-0.15, -0.1) is 0 Å². The highest BCUT2D eigenvalue weighted by molar-refractivity contribution is 5.84. The molecule has 0 radical (unpaired) electrons. The largest absolute Gasteiger partial charge is 0.304 e. The van der Waals surface area contributed by atoms with Crippen LogP contribution in [0.2, 0.25) is 0 Å². The molecule has 2 aliphatic rings. The molecule has 0 bridgehead atoms. The Bertz CT molecular complexity index is 200. The molecule has 3 atom stereocenters. The number of nitrogens with one attached hydrogen (secondary N) is 1. The third-order valence-corrected chi connectivity index (χ3v) is 3.75. The fourth-order valence-electron chi connectivity index (χ4n) is 2.98. The number of ketones is 1. The van der Waals surface area contributed by atoms with Gasteiger partial charge in [-0.2, -0.15) is 0 Å². The molecule has 0 amide bonds. The van der Waals surface area contributed by atoms with Crippen LogP contribution in [0.15, 0.2) is 0 Å². The summed E-state index contributed by atoms with van der Waals surface area (Å²) in [7, 11) is 0. The molecule has 14 heavy (non-hydrogen) atoms. The summed E-state index contributed by atoms with van der Waals surface area (Å²) in [6.07, 6.45) is 8.22. The van der Waals surface area contributed by atoms with Crippen molar-refractivity contribution in [1.29, 1.82) is 0 Å². The maximum Gasteiger partial charge on any atom is 0.149 e. The van der Waals surface area contributed by atoms with Crippen molar-refractivity contribution >= 4 is 5.78 Å². The molecule has 1 saturated carbocycles. The summed E-state index contributed by atoms with van der Waals surface area (Å²) < 4.78 is 0. The van der Waals surface area contributed by atoms with Crippen LogP contribution in [-0.4, -0.2) is 17.9 Å². The molecule has 1 saturated heterocycles. The average Bonchev–Trinajstić information content (AvgIpc) is 2.61. The van der Waals surface area contributed by atoms with E-state index in [0.29, 0.717) is 11.8 Å². The van der Waals surface area contributed by atoms with Crippen molar-refractivity contribution in [2.24, 2.45) is 5.92 Å². The maximum atomic E-state index is 11.7. The summed E-state index contributed by atoms with van der Waals surface area (Å²) in [4.78, 5) is 11.7. The number of Topliss-reactive ketones (excluding diaryl/α,β-unsaturated/α-hetero) is 1. The number of fused-ring (bicyclic) bond motifs is 1. The van der Waals surface area contributed by atoms with Crippen LogP contribution in [0.5, 0.6) is 0 Å². The highest BCUT2D eigenvalue weighted by Crippen LogP contribution is 2.33. The van der Waals surface area contributed by atoms with Crippen molar-refractivity contribution in [3.63, 3.8) is 0 Å². The molecular weight excluding hydrogens is 174 g/mol. The monoisotopic (exact) mass is 195 g/mol. The number of carbonyl (C=O) groups is 1. The Hall–Kier alpha value is -0.370. The minimum Gasteiger partial charge on any atom is -0.304 e. The topological polar surface area (TPSA) is 29.1 Å². The second-order valence-electron chi connectivity index (χ2n) is 4.82. The highest BCUT2D eigenvalue weighted by Gasteiger charge is 2.37. The van der Waals surface area contributed by atoms with Crippen LogP contribution in [0.4, 0.5) is 0 Å². The quantitative estimate of drug-likeness (QED) is 0.748. The Morgan fingerprint density at radius 2 is 2.14 bits per heavy atom. The van der Waals surface area contributed by atoms with E-state index in [-0.39, 0.29) is 6.04 Å². The molecule has 2 rings (SSSR count). The van der Waals surface area contributed by atoms with E-state index in [1.165, 1.54) is 25.7 Å². The Balaban J connectivity index is 1.89. The Morgan fingerprint density at radius 1 is 1.36 bits per heavy atom. The van der Waals surface area contributed by atoms with Gasteiger partial charge in [0.15, 0.2) is 0 Å². The van der Waals surface area contributed by atoms with E-state index >= 15 is 0 Å². The van der Waals surface area contributed by atoms with Crippen LogP contribution in [0.25, 0.3) is 0 Å². The molecule has 1 N–H and O–H groups in total. The molecule has 0 spiro atoms. The molecule has 2 fully saturated rings. The van der Waals surface area contributed by atoms with Gasteiger partial charge in [0, 0.05) is 12.5 Å². The van der Waals surface area contributed by atoms with E-state index in [2.05, 4.69) is 12.2 Å². The number of hydrogen-bond donors (Lipinski definition) is 1. The zero-order chi connectivity index (χ0) is 9.97. The van der Waals surface area contributed by atoms with E-state index < -0.39 is 0 Å². The first-order valence-corrected chi connectivity index (χ1v) is 6.10. The first-order valence-electron chi connectivity index (χ1n) is 6.10. The molecule has 0 aromatic heterocycles. The van der Waals surface area contributed by atoms with Crippen LogP contribution >= 0.6 is 0 Å². The summed E-state index contributed by atoms with van der Waals surface area (Å²) in [6, 6.07) is 0.859. The number of hydrogen-bond acceptors (Lipinski definition) is 2. The van der Waals surface area contributed by atoms with Gasteiger partial charge in [-0.05, 0) is 31.6 Å². The average molecular weight is 195 g/mol. The van der Waals surface area contributed by atoms with Crippen LogP contribution in [0.3, 0.4) is 0 Å². The minimum atomic E-state index is 0.197. The van der Waals surface area contributed by atoms with Crippen molar-refractivity contribution in [3.8, 4) is 0 Å². The number of carbonyl (C=O) groups excluding carboxylic acids is 1. The molecule has 0 aromatic carbocycles. The van der Waals surface area contributed by atoms with Gasteiger partial charge in [0.05, 0.1) is 6.04 Å². The third-order valence-electron chi connectivity index (χ3n) is 3.75. The van der Waals surface area contributed by atoms with Crippen LogP contribution in [0.1, 0.15) is 51.9 Å². The fourth-order valence-corrected chi connectivity index (χ4v) is 2.98. The van der Waals surface area contributed by atoms with Crippen LogP contribution in [-0.2, 0) is 4.79 Å². The van der Waals surface area contributed by atoms with Crippen molar-refractivity contribution < 1.29 is 4.79 Å². The zero-order valence-electron chi connectivity index (χ0n) is 9.09. The number of rotatable bonds is 3. The highest BCUT2D eigenvalue weighted by atomic mass is 16.1. The maximum absolute atomic E-state index is 11.7. The smallest absolute Gasteiger partial charge is 0.149 e. The van der Waals surface area contributed by atoms with E-state index in [9.17, 15) is 4.79 Å². The van der Waals surface area contributed by atoms with Gasteiger partial charge < -0.3 is 5.32 Å². The minimum absolute atomic E-state index is 0.197. The molecular formula is C12H21NO. The predicted molar refractivity (Wildman–Crippen MR) is 57.2 cm³/mol. The summed E-state index contributed by atoms with van der Waals surface area (Å²) >= 11 is 0. The predicted octanol–water partition coefficient (Wildman–Crippen LogP) is 2.28. The fraction of sp³-hybridized carbons (Fsp3) is 0.917. The SMILES string of the molecule is CCCC(=O)C1CC2CCCCC2N1. The van der Waals surface area contributed by atoms with Gasteiger partial charge >= 0.3 is 0 Å². The molecule has 2 nitrogen and oxygen atoms in total. The van der Waals surface area contributed by atoms with Gasteiger partial charge in [-0.25, -0.2) is 0 Å². The summed E-state index contributed by atoms with van der Waals surface area (Å²) in [6.45, 7) is 2.08. The van der Waals surface area contributed by atoms with E-state index in [0.717, 1.165) is 25.2 Å². The zero-order valence-corrected chi connectivity index (χ0v) is 9.09. The normalized spacial score (nSPS) is 36.8. The lowest BCUT2D eigenvalue weighted by molar-refractivity contribution is -0.120. The van der Waals surface area contributed by atoms with Gasteiger partial charge in [-0.1, -0.05) is 19.8 Å². The van der Waals surface area contributed by atoms with E-state index in [1.54, 1.807) is 0 Å². The summed E-state index contributed by atoms with van der Waals surface area (Å²) in [5.74, 6) is 1.25. The summed E-state index contributed by atoms with van der Waals surface area (Å²) in [5, 5.41) is 3.53. The molecule has 2 heteroatoms. The lowest BCUT2D eigenvalue weighted by atomic mass is 9.84. The molecule has 80 valence electrons. The molecule has 3 unspecified atom stereocenters. The first-order chi connectivity index (χ1) is 6.81. The molecule has 1 aliphatic heterocycles. The molecule has 0 aromatic rings. The molecule has 1 aliphatic carbocycles. The third kappa shape index (κ3) is 2.00. The van der Waals surface area contributed by atoms with E-state index in [4.69, 9.17) is 0 Å². The lowest BCUT2D eigenvalue weighted by Crippen LogP contribution is -2.37. The standard InChI is InChI=1S/C12H21NO/c1-2-5-12(14)11-8-9-6-3-4-7-10(9)13-11/h9-11,13H,2-8H2,1H3. The molecule has 1 heterocycles. The second kappa shape index (κ2) is 4.43. The van der Waals surface area contributed by atoms with Gasteiger partial charge in [-0.3, -0.25) is 4.79 Å². The van der Waals surface area contributed by atoms with Crippen molar-refractivity contribution in [3.05, 3.63) is 0 Å². The first kappa shape index (κ1) is 10.2. The van der Waals surface area contributed by atoms with Crippen molar-refractivity contribution in [1.82, 2.24) is 5.32 Å². The Morgan fingerprint density at radius 3 is 2.86 bits per heavy atom. The van der Waals surface area contributed by atoms with Crippen molar-refractivity contribution in [2.75, 3.05) is 0 Å². The van der Waals surface area contributed by atoms with Gasteiger partial charge in [0.2, 0.25) is 0 Å². The van der Waals surface area contributed by atoms with Crippen molar-refractivity contribution in [2.45, 2.75) is 64.0 Å². The summed E-state index contributed by atoms with van der Waals surface area (Å²) in [5.41, 5.74) is 0. The Labute approximate surface area is 86.5 Å². The Kier molecular flexibility index (Phi) is 3.22. The van der Waals surface area contributed by atoms with Crippen LogP contribution < -0.4 is 5.32 Å². The second-order valence-corrected chi connectivity index (χ2v) is 4.82. The van der Waals surface area contributed by atoms with Crippen LogP contribution in [0, 0.1) is 5.92 Å². The van der Waals surface area contributed by atoms with Gasteiger partial charge in [0.1, 0.15) is 5.78 Å².